The molecule has 14 heavy (non-hydrogen) atoms. The zero-order valence-electron chi connectivity index (χ0n) is 7.64. The van der Waals surface area contributed by atoms with Crippen LogP contribution in [0, 0.1) is 11.3 Å². The third-order valence-corrected chi connectivity index (χ3v) is 2.43. The first-order valence-electron chi connectivity index (χ1n) is 4.55. The topological polar surface area (TPSA) is 57.2 Å². The Morgan fingerprint density at radius 2 is 2.57 bits per heavy atom. The first kappa shape index (κ1) is 8.82. The van der Waals surface area contributed by atoms with Gasteiger partial charge in [-0.2, -0.15) is 5.26 Å². The van der Waals surface area contributed by atoms with E-state index in [0.717, 1.165) is 12.8 Å². The van der Waals surface area contributed by atoms with E-state index < -0.39 is 0 Å². The molecule has 1 aliphatic rings. The molecule has 4 nitrogen and oxygen atoms in total. The van der Waals surface area contributed by atoms with E-state index >= 15 is 0 Å². The zero-order valence-corrected chi connectivity index (χ0v) is 7.64. The van der Waals surface area contributed by atoms with Crippen molar-refractivity contribution in [2.24, 2.45) is 0 Å². The van der Waals surface area contributed by atoms with E-state index in [1.807, 2.05) is 0 Å². The third kappa shape index (κ3) is 1.37. The molecule has 72 valence electrons. The maximum absolute atomic E-state index is 11.8. The normalized spacial score (nSPS) is 20.8. The second-order valence-electron chi connectivity index (χ2n) is 3.30. The van der Waals surface area contributed by atoms with Gasteiger partial charge in [0.2, 0.25) is 0 Å². The molecule has 1 fully saturated rings. The lowest BCUT2D eigenvalue weighted by Gasteiger charge is -2.18. The van der Waals surface area contributed by atoms with Gasteiger partial charge in [0.1, 0.15) is 12.3 Å². The molecule has 0 bridgehead atoms. The van der Waals surface area contributed by atoms with Crippen LogP contribution in [0.15, 0.2) is 23.0 Å². The fraction of sp³-hybridized carbons (Fsp3) is 0.400. The highest BCUT2D eigenvalue weighted by Crippen LogP contribution is 2.19. The molecule has 0 saturated carbocycles. The fourth-order valence-corrected chi connectivity index (χ4v) is 1.70. The number of amides is 1. The van der Waals surface area contributed by atoms with Crippen LogP contribution in [0.2, 0.25) is 0 Å². The lowest BCUT2D eigenvalue weighted by atomic mass is 10.2. The summed E-state index contributed by atoms with van der Waals surface area (Å²) in [6.07, 6.45) is 4.56. The van der Waals surface area contributed by atoms with Gasteiger partial charge in [-0.05, 0) is 18.9 Å². The number of furan rings is 1. The van der Waals surface area contributed by atoms with Crippen molar-refractivity contribution in [2.45, 2.75) is 18.9 Å². The van der Waals surface area contributed by atoms with Crippen molar-refractivity contribution < 1.29 is 9.21 Å². The van der Waals surface area contributed by atoms with Crippen LogP contribution in [0.5, 0.6) is 0 Å². The number of carbonyl (C=O) groups excluding carboxylic acids is 1. The van der Waals surface area contributed by atoms with Gasteiger partial charge >= 0.3 is 0 Å². The number of likely N-dealkylation sites (tertiary alicyclic amines) is 1. The van der Waals surface area contributed by atoms with Gasteiger partial charge in [-0.1, -0.05) is 0 Å². The lowest BCUT2D eigenvalue weighted by Crippen LogP contribution is -2.34. The molecular formula is C10H10N2O2. The average molecular weight is 190 g/mol. The van der Waals surface area contributed by atoms with Gasteiger partial charge in [0, 0.05) is 6.54 Å². The predicted molar refractivity (Wildman–Crippen MR) is 48.4 cm³/mol. The molecule has 1 unspecified atom stereocenters. The van der Waals surface area contributed by atoms with Crippen molar-refractivity contribution in [3.63, 3.8) is 0 Å². The highest BCUT2D eigenvalue weighted by molar-refractivity contribution is 5.94. The summed E-state index contributed by atoms with van der Waals surface area (Å²) in [5, 5.41) is 8.82. The summed E-state index contributed by atoms with van der Waals surface area (Å²) >= 11 is 0. The van der Waals surface area contributed by atoms with E-state index in [0.29, 0.717) is 12.1 Å². The first-order chi connectivity index (χ1) is 6.83. The van der Waals surface area contributed by atoms with Gasteiger partial charge in [-0.3, -0.25) is 4.79 Å². The summed E-state index contributed by atoms with van der Waals surface area (Å²) in [5.74, 6) is -0.109. The van der Waals surface area contributed by atoms with Crippen LogP contribution in [0.1, 0.15) is 23.2 Å². The van der Waals surface area contributed by atoms with Crippen molar-refractivity contribution in [2.75, 3.05) is 6.54 Å². The summed E-state index contributed by atoms with van der Waals surface area (Å²) < 4.78 is 4.83. The zero-order chi connectivity index (χ0) is 9.97. The van der Waals surface area contributed by atoms with E-state index in [9.17, 15) is 4.79 Å². The Kier molecular flexibility index (Phi) is 2.23. The van der Waals surface area contributed by atoms with E-state index in [1.54, 1.807) is 11.0 Å². The number of nitriles is 1. The molecule has 1 aromatic rings. The van der Waals surface area contributed by atoms with Gasteiger partial charge in [0.25, 0.3) is 5.91 Å². The van der Waals surface area contributed by atoms with Crippen molar-refractivity contribution in [3.05, 3.63) is 24.2 Å². The molecule has 2 heterocycles. The van der Waals surface area contributed by atoms with Gasteiger partial charge in [0.15, 0.2) is 0 Å². The molecule has 1 amide bonds. The smallest absolute Gasteiger partial charge is 0.258 e. The Morgan fingerprint density at radius 3 is 3.21 bits per heavy atom. The van der Waals surface area contributed by atoms with Crippen LogP contribution in [0.25, 0.3) is 0 Å². The first-order valence-corrected chi connectivity index (χ1v) is 4.55. The molecular weight excluding hydrogens is 180 g/mol. The highest BCUT2D eigenvalue weighted by Gasteiger charge is 2.29. The molecule has 1 atom stereocenters. The monoisotopic (exact) mass is 190 g/mol. The van der Waals surface area contributed by atoms with Crippen LogP contribution >= 0.6 is 0 Å². The largest absolute Gasteiger partial charge is 0.472 e. The Hall–Kier alpha value is -1.76. The van der Waals surface area contributed by atoms with Crippen LogP contribution in [0.3, 0.4) is 0 Å². The maximum Gasteiger partial charge on any atom is 0.258 e. The number of nitrogens with zero attached hydrogens (tertiary/aromatic N) is 2. The Bertz CT molecular complexity index is 364. The molecule has 0 aromatic carbocycles. The van der Waals surface area contributed by atoms with Crippen LogP contribution in [0.4, 0.5) is 0 Å². The number of hydrogen-bond acceptors (Lipinski definition) is 3. The summed E-state index contributed by atoms with van der Waals surface area (Å²) in [4.78, 5) is 13.4. The summed E-state index contributed by atoms with van der Waals surface area (Å²) in [5.41, 5.74) is 0.521. The van der Waals surface area contributed by atoms with E-state index in [2.05, 4.69) is 6.07 Å². The Morgan fingerprint density at radius 1 is 1.71 bits per heavy atom. The van der Waals surface area contributed by atoms with E-state index in [4.69, 9.17) is 9.68 Å². The quantitative estimate of drug-likeness (QED) is 0.672. The number of hydrogen-bond donors (Lipinski definition) is 0. The molecule has 1 aromatic heterocycles. The summed E-state index contributed by atoms with van der Waals surface area (Å²) in [6, 6.07) is 3.49. The van der Waals surface area contributed by atoms with Crippen LogP contribution in [-0.2, 0) is 0 Å². The Labute approximate surface area is 81.7 Å². The molecule has 1 saturated heterocycles. The minimum atomic E-state index is -0.266. The van der Waals surface area contributed by atoms with Crippen molar-refractivity contribution in [1.29, 1.82) is 5.26 Å². The van der Waals surface area contributed by atoms with Crippen molar-refractivity contribution in [3.8, 4) is 6.07 Å². The number of rotatable bonds is 1. The van der Waals surface area contributed by atoms with Crippen LogP contribution in [-0.4, -0.2) is 23.4 Å². The van der Waals surface area contributed by atoms with Crippen molar-refractivity contribution in [1.82, 2.24) is 4.90 Å². The second-order valence-corrected chi connectivity index (χ2v) is 3.30. The van der Waals surface area contributed by atoms with E-state index in [1.165, 1.54) is 12.5 Å². The highest BCUT2D eigenvalue weighted by atomic mass is 16.3. The average Bonchev–Trinajstić information content (AvgIpc) is 2.87. The van der Waals surface area contributed by atoms with Crippen LogP contribution < -0.4 is 0 Å². The number of carbonyl (C=O) groups is 1. The fourth-order valence-electron chi connectivity index (χ4n) is 1.70. The SMILES string of the molecule is N#CC1CCCN1C(=O)c1ccoc1. The standard InChI is InChI=1S/C10H10N2O2/c11-6-9-2-1-4-12(9)10(13)8-3-5-14-7-8/h3,5,7,9H,1-2,4H2. The third-order valence-electron chi connectivity index (χ3n) is 2.43. The maximum atomic E-state index is 11.8. The van der Waals surface area contributed by atoms with Gasteiger partial charge < -0.3 is 9.32 Å². The molecule has 0 radical (unpaired) electrons. The molecule has 0 aliphatic carbocycles. The molecule has 1 aliphatic heterocycles. The predicted octanol–water partition coefficient (Wildman–Crippen LogP) is 1.41. The Balaban J connectivity index is 2.16. The molecule has 0 spiro atoms. The molecule has 2 rings (SSSR count). The van der Waals surface area contributed by atoms with Gasteiger partial charge in [0.05, 0.1) is 17.9 Å². The molecule has 0 N–H and O–H groups in total. The summed E-state index contributed by atoms with van der Waals surface area (Å²) in [6.45, 7) is 0.669. The lowest BCUT2D eigenvalue weighted by molar-refractivity contribution is 0.0764. The minimum absolute atomic E-state index is 0.109. The van der Waals surface area contributed by atoms with E-state index in [-0.39, 0.29) is 11.9 Å². The minimum Gasteiger partial charge on any atom is -0.472 e. The van der Waals surface area contributed by atoms with Gasteiger partial charge in [-0.15, -0.1) is 0 Å². The molecule has 4 heteroatoms. The summed E-state index contributed by atoms with van der Waals surface area (Å²) in [7, 11) is 0. The van der Waals surface area contributed by atoms with Gasteiger partial charge in [-0.25, -0.2) is 0 Å². The van der Waals surface area contributed by atoms with Crippen molar-refractivity contribution >= 4 is 5.91 Å². The second kappa shape index (κ2) is 3.54.